The van der Waals surface area contributed by atoms with Crippen molar-refractivity contribution >= 4 is 50.7 Å². The zero-order valence-corrected chi connectivity index (χ0v) is 25.3. The number of anilines is 1. The smallest absolute Gasteiger partial charge is 0.243 e. The van der Waals surface area contributed by atoms with Crippen molar-refractivity contribution in [2.45, 2.75) is 45.7 Å². The van der Waals surface area contributed by atoms with Gasteiger partial charge in [-0.05, 0) is 61.2 Å². The van der Waals surface area contributed by atoms with Gasteiger partial charge in [-0.2, -0.15) is 0 Å². The zero-order chi connectivity index (χ0) is 29.3. The third-order valence-corrected chi connectivity index (χ3v) is 8.11. The van der Waals surface area contributed by atoms with Gasteiger partial charge in [0.1, 0.15) is 6.04 Å². The van der Waals surface area contributed by atoms with Crippen LogP contribution in [0, 0.1) is 6.92 Å². The van der Waals surface area contributed by atoms with E-state index in [1.165, 1.54) is 4.31 Å². The van der Waals surface area contributed by atoms with Crippen LogP contribution < -0.4 is 9.62 Å². The Morgan fingerprint density at radius 3 is 2.25 bits per heavy atom. The Kier molecular flexibility index (Phi) is 11.4. The molecule has 7 nitrogen and oxygen atoms in total. The van der Waals surface area contributed by atoms with Crippen molar-refractivity contribution in [1.29, 1.82) is 0 Å². The van der Waals surface area contributed by atoms with E-state index in [-0.39, 0.29) is 37.7 Å². The van der Waals surface area contributed by atoms with Crippen LogP contribution in [0.1, 0.15) is 36.5 Å². The molecule has 0 aliphatic carbocycles. The molecule has 0 spiro atoms. The molecule has 1 atom stereocenters. The number of benzene rings is 3. The second-order valence-corrected chi connectivity index (χ2v) is 12.4. The van der Waals surface area contributed by atoms with E-state index < -0.39 is 16.1 Å². The Balaban J connectivity index is 1.88. The number of aryl methyl sites for hydroxylation is 1. The lowest BCUT2D eigenvalue weighted by Gasteiger charge is -2.32. The molecule has 0 aliphatic heterocycles. The normalized spacial score (nSPS) is 12.0. The van der Waals surface area contributed by atoms with Gasteiger partial charge in [0, 0.05) is 42.5 Å². The fraction of sp³-hybridized carbons (Fsp3) is 0.333. The molecule has 2 amide bonds. The SMILES string of the molecule is CCNC(=O)[C@H](Cc1ccccc1)N(Cc1cccc(Cl)c1)C(=O)CCCN(c1cc(Cl)ccc1C)S(C)(=O)=O. The monoisotopic (exact) mass is 603 g/mol. The van der Waals surface area contributed by atoms with Crippen molar-refractivity contribution in [3.63, 3.8) is 0 Å². The zero-order valence-electron chi connectivity index (χ0n) is 22.9. The first-order chi connectivity index (χ1) is 19.0. The molecule has 0 aromatic heterocycles. The summed E-state index contributed by atoms with van der Waals surface area (Å²) in [6.45, 7) is 4.32. The van der Waals surface area contributed by atoms with Crippen molar-refractivity contribution in [3.05, 3.63) is 99.5 Å². The van der Waals surface area contributed by atoms with E-state index in [4.69, 9.17) is 23.2 Å². The molecule has 0 aliphatic rings. The van der Waals surface area contributed by atoms with Crippen molar-refractivity contribution < 1.29 is 18.0 Å². The van der Waals surface area contributed by atoms with Gasteiger partial charge in [-0.1, -0.05) is 71.7 Å². The molecule has 214 valence electrons. The second kappa shape index (κ2) is 14.5. The summed E-state index contributed by atoms with van der Waals surface area (Å²) < 4.78 is 26.6. The van der Waals surface area contributed by atoms with Crippen LogP contribution in [0.4, 0.5) is 5.69 Å². The molecule has 0 heterocycles. The van der Waals surface area contributed by atoms with E-state index in [1.54, 1.807) is 41.3 Å². The van der Waals surface area contributed by atoms with Gasteiger partial charge >= 0.3 is 0 Å². The van der Waals surface area contributed by atoms with E-state index >= 15 is 0 Å². The molecule has 1 N–H and O–H groups in total. The number of carbonyl (C=O) groups excluding carboxylic acids is 2. The van der Waals surface area contributed by atoms with E-state index in [0.29, 0.717) is 28.7 Å². The quantitative estimate of drug-likeness (QED) is 0.274. The predicted octanol–water partition coefficient (Wildman–Crippen LogP) is 5.62. The van der Waals surface area contributed by atoms with Crippen molar-refractivity contribution in [2.75, 3.05) is 23.7 Å². The minimum atomic E-state index is -3.64. The van der Waals surface area contributed by atoms with Crippen molar-refractivity contribution in [1.82, 2.24) is 10.2 Å². The number of likely N-dealkylation sites (N-methyl/N-ethyl adjacent to an activating group) is 1. The number of carbonyl (C=O) groups is 2. The van der Waals surface area contributed by atoms with E-state index in [2.05, 4.69) is 5.32 Å². The summed E-state index contributed by atoms with van der Waals surface area (Å²) in [4.78, 5) is 28.6. The van der Waals surface area contributed by atoms with Crippen LogP contribution in [0.15, 0.2) is 72.8 Å². The Hall–Kier alpha value is -3.07. The van der Waals surface area contributed by atoms with E-state index in [1.807, 2.05) is 50.2 Å². The van der Waals surface area contributed by atoms with Crippen LogP contribution in [0.2, 0.25) is 10.0 Å². The molecule has 0 saturated heterocycles. The maximum absolute atomic E-state index is 13.8. The summed E-state index contributed by atoms with van der Waals surface area (Å²) in [5.74, 6) is -0.516. The summed E-state index contributed by atoms with van der Waals surface area (Å²) in [6, 6.07) is 21.0. The van der Waals surface area contributed by atoms with Crippen LogP contribution in [-0.2, 0) is 32.6 Å². The average molecular weight is 605 g/mol. The van der Waals surface area contributed by atoms with Crippen LogP contribution in [-0.4, -0.2) is 50.5 Å². The standard InChI is InChI=1S/C30H35Cl2N3O4S/c1-4-33-30(37)28(19-23-10-6-5-7-11-23)34(21-24-12-8-13-25(31)18-24)29(36)14-9-17-35(40(3,38)39)27-20-26(32)16-15-22(27)2/h5-8,10-13,15-16,18,20,28H,4,9,14,17,19,21H2,1-3H3,(H,33,37)/t28-/m0/s1. The van der Waals surface area contributed by atoms with Crippen molar-refractivity contribution in [2.24, 2.45) is 0 Å². The summed E-state index contributed by atoms with van der Waals surface area (Å²) in [7, 11) is -3.64. The molecule has 40 heavy (non-hydrogen) atoms. The molecule has 0 saturated carbocycles. The van der Waals surface area contributed by atoms with Gasteiger partial charge in [0.25, 0.3) is 0 Å². The van der Waals surface area contributed by atoms with E-state index in [9.17, 15) is 18.0 Å². The summed E-state index contributed by atoms with van der Waals surface area (Å²) in [5.41, 5.74) is 2.93. The van der Waals surface area contributed by atoms with Crippen molar-refractivity contribution in [3.8, 4) is 0 Å². The Labute approximate surface area is 247 Å². The molecule has 3 rings (SSSR count). The van der Waals surface area contributed by atoms with Gasteiger partial charge in [0.2, 0.25) is 21.8 Å². The van der Waals surface area contributed by atoms with Crippen LogP contribution >= 0.6 is 23.2 Å². The Morgan fingerprint density at radius 2 is 1.60 bits per heavy atom. The Morgan fingerprint density at radius 1 is 0.925 bits per heavy atom. The highest BCUT2D eigenvalue weighted by Crippen LogP contribution is 2.27. The molecule has 3 aromatic rings. The molecular weight excluding hydrogens is 569 g/mol. The first-order valence-corrected chi connectivity index (χ1v) is 15.7. The van der Waals surface area contributed by atoms with Gasteiger partial charge in [0.15, 0.2) is 0 Å². The molecule has 10 heteroatoms. The fourth-order valence-corrected chi connectivity index (χ4v) is 5.91. The molecule has 3 aromatic carbocycles. The molecule has 0 unspecified atom stereocenters. The number of nitrogens with zero attached hydrogens (tertiary/aromatic N) is 2. The number of hydrogen-bond acceptors (Lipinski definition) is 4. The average Bonchev–Trinajstić information content (AvgIpc) is 2.90. The lowest BCUT2D eigenvalue weighted by atomic mass is 10.0. The Bertz CT molecular complexity index is 1420. The molecule has 0 bridgehead atoms. The van der Waals surface area contributed by atoms with Gasteiger partial charge < -0.3 is 10.2 Å². The van der Waals surface area contributed by atoms with Gasteiger partial charge in [-0.25, -0.2) is 8.42 Å². The van der Waals surface area contributed by atoms with E-state index in [0.717, 1.165) is 22.9 Å². The molecule has 0 radical (unpaired) electrons. The first kappa shape index (κ1) is 31.5. The summed E-state index contributed by atoms with van der Waals surface area (Å²) >= 11 is 12.4. The van der Waals surface area contributed by atoms with Gasteiger partial charge in [0.05, 0.1) is 11.9 Å². The second-order valence-electron chi connectivity index (χ2n) is 9.62. The van der Waals surface area contributed by atoms with Gasteiger partial charge in [-0.15, -0.1) is 0 Å². The number of hydrogen-bond donors (Lipinski definition) is 1. The first-order valence-electron chi connectivity index (χ1n) is 13.1. The highest BCUT2D eigenvalue weighted by atomic mass is 35.5. The highest BCUT2D eigenvalue weighted by molar-refractivity contribution is 7.92. The predicted molar refractivity (Wildman–Crippen MR) is 162 cm³/mol. The minimum Gasteiger partial charge on any atom is -0.355 e. The number of sulfonamides is 1. The largest absolute Gasteiger partial charge is 0.355 e. The third-order valence-electron chi connectivity index (χ3n) is 6.46. The maximum atomic E-state index is 13.8. The fourth-order valence-electron chi connectivity index (χ4n) is 4.51. The summed E-state index contributed by atoms with van der Waals surface area (Å²) in [6.07, 6.45) is 1.75. The highest BCUT2D eigenvalue weighted by Gasteiger charge is 2.30. The number of halogens is 2. The third kappa shape index (κ3) is 8.98. The van der Waals surface area contributed by atoms with Crippen LogP contribution in [0.3, 0.4) is 0 Å². The minimum absolute atomic E-state index is 0.0386. The lowest BCUT2D eigenvalue weighted by molar-refractivity contribution is -0.141. The molecule has 0 fully saturated rings. The topological polar surface area (TPSA) is 86.8 Å². The number of nitrogens with one attached hydrogen (secondary N) is 1. The van der Waals surface area contributed by atoms with Crippen LogP contribution in [0.25, 0.3) is 0 Å². The number of amides is 2. The lowest BCUT2D eigenvalue weighted by Crippen LogP contribution is -2.50. The number of rotatable bonds is 13. The van der Waals surface area contributed by atoms with Crippen LogP contribution in [0.5, 0.6) is 0 Å². The summed E-state index contributed by atoms with van der Waals surface area (Å²) in [5, 5.41) is 3.82. The molecular formula is C30H35Cl2N3O4S. The maximum Gasteiger partial charge on any atom is 0.243 e. The van der Waals surface area contributed by atoms with Gasteiger partial charge in [-0.3, -0.25) is 13.9 Å².